The van der Waals surface area contributed by atoms with E-state index in [9.17, 15) is 4.79 Å². The van der Waals surface area contributed by atoms with Crippen molar-refractivity contribution in [1.29, 1.82) is 0 Å². The van der Waals surface area contributed by atoms with Gasteiger partial charge in [0.1, 0.15) is 5.76 Å². The normalized spacial score (nSPS) is 14.1. The summed E-state index contributed by atoms with van der Waals surface area (Å²) in [7, 11) is 0. The van der Waals surface area contributed by atoms with Gasteiger partial charge in [0.15, 0.2) is 0 Å². The van der Waals surface area contributed by atoms with Gasteiger partial charge in [0.05, 0.1) is 12.2 Å². The fourth-order valence-corrected chi connectivity index (χ4v) is 1.83. The van der Waals surface area contributed by atoms with E-state index < -0.39 is 0 Å². The number of nitrogens with zero attached hydrogens (tertiary/aromatic N) is 2. The van der Waals surface area contributed by atoms with Crippen molar-refractivity contribution in [1.82, 2.24) is 10.1 Å². The van der Waals surface area contributed by atoms with Crippen LogP contribution < -0.4 is 0 Å². The molecule has 1 amide bonds. The number of hydrogen-bond donors (Lipinski definition) is 0. The quantitative estimate of drug-likeness (QED) is 0.747. The van der Waals surface area contributed by atoms with E-state index in [0.717, 1.165) is 29.9 Å². The van der Waals surface area contributed by atoms with Crippen molar-refractivity contribution in [3.63, 3.8) is 0 Å². The summed E-state index contributed by atoms with van der Waals surface area (Å²) in [6, 6.07) is 0.344. The number of amides is 1. The van der Waals surface area contributed by atoms with Crippen molar-refractivity contribution in [3.05, 3.63) is 17.0 Å². The van der Waals surface area contributed by atoms with Crippen LogP contribution in [0, 0.1) is 25.7 Å². The minimum absolute atomic E-state index is 0.102. The van der Waals surface area contributed by atoms with E-state index >= 15 is 0 Å². The van der Waals surface area contributed by atoms with Crippen LogP contribution in [0.15, 0.2) is 4.52 Å². The van der Waals surface area contributed by atoms with Crippen LogP contribution in [-0.2, 0) is 11.3 Å². The van der Waals surface area contributed by atoms with Gasteiger partial charge in [-0.2, -0.15) is 0 Å². The molecule has 0 aliphatic heterocycles. The summed E-state index contributed by atoms with van der Waals surface area (Å²) in [4.78, 5) is 13.7. The number of carbonyl (C=O) groups is 1. The minimum atomic E-state index is -0.102. The summed E-state index contributed by atoms with van der Waals surface area (Å²) >= 11 is 0. The molecule has 2 rings (SSSR count). The molecule has 1 heterocycles. The lowest BCUT2D eigenvalue weighted by atomic mass is 10.2. The Balaban J connectivity index is 2.17. The summed E-state index contributed by atoms with van der Waals surface area (Å²) in [5, 5.41) is 3.91. The molecule has 1 aliphatic rings. The maximum atomic E-state index is 11.9. The number of carbonyl (C=O) groups excluding carboxylic acids is 1. The molecule has 1 fully saturated rings. The van der Waals surface area contributed by atoms with E-state index in [-0.39, 0.29) is 5.91 Å². The Kier molecular flexibility index (Phi) is 3.19. The average molecular weight is 232 g/mol. The monoisotopic (exact) mass is 232 g/mol. The Labute approximate surface area is 101 Å². The largest absolute Gasteiger partial charge is 0.361 e. The molecule has 4 nitrogen and oxygen atoms in total. The molecule has 4 heteroatoms. The molecule has 0 saturated heterocycles. The Morgan fingerprint density at radius 2 is 2.24 bits per heavy atom. The predicted octanol–water partition coefficient (Wildman–Crippen LogP) is 1.81. The second-order valence-corrected chi connectivity index (χ2v) is 4.34. The number of hydrogen-bond acceptors (Lipinski definition) is 3. The molecule has 0 aromatic carbocycles. The van der Waals surface area contributed by atoms with Gasteiger partial charge in [-0.3, -0.25) is 4.79 Å². The Hall–Kier alpha value is -1.76. The average Bonchev–Trinajstić information content (AvgIpc) is 3.06. The first kappa shape index (κ1) is 11.7. The zero-order valence-corrected chi connectivity index (χ0v) is 10.4. The molecule has 90 valence electrons. The first-order chi connectivity index (χ1) is 8.13. The third-order valence-electron chi connectivity index (χ3n) is 2.99. The van der Waals surface area contributed by atoms with Crippen LogP contribution in [0.1, 0.15) is 36.8 Å². The fraction of sp³-hybridized carbons (Fsp3) is 0.538. The molecule has 0 radical (unpaired) electrons. The van der Waals surface area contributed by atoms with Crippen molar-refractivity contribution >= 4 is 5.91 Å². The molecule has 1 aromatic rings. The molecule has 0 unspecified atom stereocenters. The van der Waals surface area contributed by atoms with Crippen LogP contribution in [0.25, 0.3) is 0 Å². The highest BCUT2D eigenvalue weighted by molar-refractivity contribution is 5.93. The summed E-state index contributed by atoms with van der Waals surface area (Å²) in [6.45, 7) is 6.00. The Morgan fingerprint density at radius 1 is 1.53 bits per heavy atom. The molecule has 1 aromatic heterocycles. The maximum absolute atomic E-state index is 11.9. The number of rotatable bonds is 3. The molecule has 1 saturated carbocycles. The smallest absolute Gasteiger partial charge is 0.299 e. The highest BCUT2D eigenvalue weighted by Gasteiger charge is 2.33. The lowest BCUT2D eigenvalue weighted by Gasteiger charge is -2.19. The van der Waals surface area contributed by atoms with Crippen molar-refractivity contribution in [2.75, 3.05) is 0 Å². The summed E-state index contributed by atoms with van der Waals surface area (Å²) in [5.74, 6) is 5.94. The van der Waals surface area contributed by atoms with Gasteiger partial charge < -0.3 is 9.42 Å². The van der Waals surface area contributed by atoms with Crippen molar-refractivity contribution in [2.45, 2.75) is 46.2 Å². The fourth-order valence-electron chi connectivity index (χ4n) is 1.83. The van der Waals surface area contributed by atoms with Gasteiger partial charge in [0.25, 0.3) is 5.91 Å². The molecular formula is C13H16N2O2. The van der Waals surface area contributed by atoms with Crippen LogP contribution in [0.4, 0.5) is 0 Å². The van der Waals surface area contributed by atoms with E-state index in [4.69, 9.17) is 4.52 Å². The van der Waals surface area contributed by atoms with E-state index in [1.807, 2.05) is 18.7 Å². The summed E-state index contributed by atoms with van der Waals surface area (Å²) in [6.07, 6.45) is 2.14. The van der Waals surface area contributed by atoms with E-state index in [1.54, 1.807) is 6.92 Å². The van der Waals surface area contributed by atoms with Gasteiger partial charge in [-0.15, -0.1) is 0 Å². The highest BCUT2D eigenvalue weighted by Crippen LogP contribution is 2.29. The second-order valence-electron chi connectivity index (χ2n) is 4.34. The van der Waals surface area contributed by atoms with Gasteiger partial charge >= 0.3 is 0 Å². The summed E-state index contributed by atoms with van der Waals surface area (Å²) in [5.41, 5.74) is 1.86. The summed E-state index contributed by atoms with van der Waals surface area (Å²) < 4.78 is 5.11. The number of aromatic nitrogens is 1. The topological polar surface area (TPSA) is 46.3 Å². The van der Waals surface area contributed by atoms with Crippen molar-refractivity contribution in [3.8, 4) is 11.8 Å². The van der Waals surface area contributed by atoms with Crippen LogP contribution in [0.3, 0.4) is 0 Å². The third-order valence-corrected chi connectivity index (χ3v) is 2.99. The van der Waals surface area contributed by atoms with Crippen LogP contribution >= 0.6 is 0 Å². The van der Waals surface area contributed by atoms with Gasteiger partial charge in [-0.05, 0) is 39.5 Å². The van der Waals surface area contributed by atoms with E-state index in [2.05, 4.69) is 17.0 Å². The van der Waals surface area contributed by atoms with Crippen molar-refractivity contribution < 1.29 is 9.32 Å². The Bertz CT molecular complexity index is 470. The number of aryl methyl sites for hydroxylation is 2. The Morgan fingerprint density at radius 3 is 2.71 bits per heavy atom. The highest BCUT2D eigenvalue weighted by atomic mass is 16.5. The second kappa shape index (κ2) is 4.62. The SMILES string of the molecule is CC#CC(=O)N(Cc1c(C)noc1C)C1CC1. The standard InChI is InChI=1S/C13H16N2O2/c1-4-5-13(16)15(11-6-7-11)8-12-9(2)14-17-10(12)3/h11H,6-8H2,1-3H3. The predicted molar refractivity (Wildman–Crippen MR) is 63.0 cm³/mol. The molecular weight excluding hydrogens is 216 g/mol. The first-order valence-corrected chi connectivity index (χ1v) is 5.78. The maximum Gasteiger partial charge on any atom is 0.299 e. The lowest BCUT2D eigenvalue weighted by molar-refractivity contribution is -0.126. The zero-order chi connectivity index (χ0) is 12.4. The van der Waals surface area contributed by atoms with Gasteiger partial charge in [0, 0.05) is 11.6 Å². The molecule has 0 bridgehead atoms. The van der Waals surface area contributed by atoms with Gasteiger partial charge in [0.2, 0.25) is 0 Å². The van der Waals surface area contributed by atoms with Gasteiger partial charge in [-0.25, -0.2) is 0 Å². The first-order valence-electron chi connectivity index (χ1n) is 5.78. The molecule has 1 aliphatic carbocycles. The molecule has 0 N–H and O–H groups in total. The third kappa shape index (κ3) is 2.50. The molecule has 0 spiro atoms. The van der Waals surface area contributed by atoms with Crippen LogP contribution in [0.5, 0.6) is 0 Å². The minimum Gasteiger partial charge on any atom is -0.361 e. The zero-order valence-electron chi connectivity index (χ0n) is 10.4. The molecule has 17 heavy (non-hydrogen) atoms. The van der Waals surface area contributed by atoms with Crippen molar-refractivity contribution in [2.24, 2.45) is 0 Å². The molecule has 0 atom stereocenters. The van der Waals surface area contributed by atoms with Gasteiger partial charge in [-0.1, -0.05) is 11.1 Å². The van der Waals surface area contributed by atoms with E-state index in [0.29, 0.717) is 12.6 Å². The lowest BCUT2D eigenvalue weighted by Crippen LogP contribution is -2.31. The van der Waals surface area contributed by atoms with Crippen LogP contribution in [0.2, 0.25) is 0 Å². The van der Waals surface area contributed by atoms with E-state index in [1.165, 1.54) is 0 Å². The van der Waals surface area contributed by atoms with Crippen LogP contribution in [-0.4, -0.2) is 22.0 Å².